The lowest BCUT2D eigenvalue weighted by Gasteiger charge is -2.32. The first kappa shape index (κ1) is 11.0. The van der Waals surface area contributed by atoms with Crippen molar-refractivity contribution in [1.29, 1.82) is 0 Å². The van der Waals surface area contributed by atoms with Gasteiger partial charge in [0.25, 0.3) is 6.29 Å². The van der Waals surface area contributed by atoms with Crippen molar-refractivity contribution in [1.82, 2.24) is 0 Å². The van der Waals surface area contributed by atoms with E-state index in [0.29, 0.717) is 0 Å². The Labute approximate surface area is 98.0 Å². The van der Waals surface area contributed by atoms with E-state index >= 15 is 0 Å². The summed E-state index contributed by atoms with van der Waals surface area (Å²) in [4.78, 5) is 0. The SMILES string of the molecule is O[C@@H]1CO[C@H]2[C@@H]1OC[C@]2(O)C1OC=CC=CO1. The van der Waals surface area contributed by atoms with E-state index in [1.54, 1.807) is 12.2 Å². The van der Waals surface area contributed by atoms with Gasteiger partial charge in [0.15, 0.2) is 5.60 Å². The summed E-state index contributed by atoms with van der Waals surface area (Å²) < 4.78 is 21.3. The standard InChI is InChI=1S/C11H14O6/c12-7-5-16-9-8(7)17-6-11(9,13)10-14-3-1-2-4-15-10/h1-4,7-10,12-13H,5-6H2/t7-,8-,9+,11-/m1/s1. The van der Waals surface area contributed by atoms with Gasteiger partial charge in [-0.1, -0.05) is 0 Å². The Kier molecular flexibility index (Phi) is 2.59. The molecule has 0 amide bonds. The highest BCUT2D eigenvalue weighted by Crippen LogP contribution is 2.38. The van der Waals surface area contributed by atoms with Gasteiger partial charge in [-0.05, 0) is 12.2 Å². The number of aliphatic hydroxyl groups is 2. The van der Waals surface area contributed by atoms with E-state index in [1.165, 1.54) is 12.5 Å². The summed E-state index contributed by atoms with van der Waals surface area (Å²) in [5.41, 5.74) is -1.42. The highest BCUT2D eigenvalue weighted by atomic mass is 16.7. The van der Waals surface area contributed by atoms with Gasteiger partial charge in [0.2, 0.25) is 0 Å². The van der Waals surface area contributed by atoms with E-state index in [4.69, 9.17) is 18.9 Å². The summed E-state index contributed by atoms with van der Waals surface area (Å²) >= 11 is 0. The van der Waals surface area contributed by atoms with Crippen LogP contribution in [0.4, 0.5) is 0 Å². The third-order valence-corrected chi connectivity index (χ3v) is 3.20. The van der Waals surface area contributed by atoms with Crippen molar-refractivity contribution in [3.8, 4) is 0 Å². The van der Waals surface area contributed by atoms with Gasteiger partial charge in [0.05, 0.1) is 25.7 Å². The number of ether oxygens (including phenoxy) is 4. The Balaban J connectivity index is 1.81. The molecule has 0 aromatic heterocycles. The van der Waals surface area contributed by atoms with E-state index in [2.05, 4.69) is 0 Å². The summed E-state index contributed by atoms with van der Waals surface area (Å²) in [5.74, 6) is 0. The molecule has 3 aliphatic rings. The van der Waals surface area contributed by atoms with Crippen LogP contribution in [0.3, 0.4) is 0 Å². The molecular formula is C11H14O6. The molecule has 0 unspecified atom stereocenters. The molecule has 0 radical (unpaired) electrons. The smallest absolute Gasteiger partial charge is 0.272 e. The normalized spacial score (nSPS) is 45.2. The van der Waals surface area contributed by atoms with Crippen LogP contribution < -0.4 is 0 Å². The van der Waals surface area contributed by atoms with E-state index in [1.807, 2.05) is 0 Å². The minimum absolute atomic E-state index is 0.00569. The van der Waals surface area contributed by atoms with Crippen molar-refractivity contribution in [2.24, 2.45) is 0 Å². The van der Waals surface area contributed by atoms with E-state index in [9.17, 15) is 10.2 Å². The first-order valence-electron chi connectivity index (χ1n) is 5.48. The maximum Gasteiger partial charge on any atom is 0.272 e. The second-order valence-corrected chi connectivity index (χ2v) is 4.35. The minimum atomic E-state index is -1.42. The van der Waals surface area contributed by atoms with Crippen LogP contribution in [-0.2, 0) is 18.9 Å². The summed E-state index contributed by atoms with van der Waals surface area (Å²) in [6.45, 7) is 0.155. The molecule has 2 N–H and O–H groups in total. The maximum absolute atomic E-state index is 10.6. The zero-order valence-corrected chi connectivity index (χ0v) is 9.06. The molecule has 2 saturated heterocycles. The van der Waals surface area contributed by atoms with Crippen LogP contribution in [0.2, 0.25) is 0 Å². The molecule has 2 fully saturated rings. The lowest BCUT2D eigenvalue weighted by Crippen LogP contribution is -2.54. The molecule has 0 spiro atoms. The van der Waals surface area contributed by atoms with Gasteiger partial charge in [-0.3, -0.25) is 0 Å². The predicted octanol–water partition coefficient (Wildman–Crippen LogP) is -0.724. The molecule has 0 aliphatic carbocycles. The van der Waals surface area contributed by atoms with E-state index in [0.717, 1.165) is 0 Å². The number of fused-ring (bicyclic) bond motifs is 1. The number of allylic oxidation sites excluding steroid dienone is 2. The minimum Gasteiger partial charge on any atom is -0.459 e. The van der Waals surface area contributed by atoms with Crippen molar-refractivity contribution < 1.29 is 29.2 Å². The Morgan fingerprint density at radius 3 is 2.53 bits per heavy atom. The molecule has 0 aromatic carbocycles. The predicted molar refractivity (Wildman–Crippen MR) is 54.7 cm³/mol. The number of hydrogen-bond acceptors (Lipinski definition) is 6. The Bertz CT molecular complexity index is 340. The van der Waals surface area contributed by atoms with Crippen LogP contribution in [-0.4, -0.2) is 53.6 Å². The summed E-state index contributed by atoms with van der Waals surface area (Å²) in [5, 5.41) is 20.2. The fraction of sp³-hybridized carbons (Fsp3) is 0.636. The van der Waals surface area contributed by atoms with Crippen LogP contribution >= 0.6 is 0 Å². The zero-order valence-electron chi connectivity index (χ0n) is 9.06. The molecule has 0 aromatic rings. The third-order valence-electron chi connectivity index (χ3n) is 3.20. The average molecular weight is 242 g/mol. The van der Waals surface area contributed by atoms with Crippen molar-refractivity contribution in [2.75, 3.05) is 13.2 Å². The van der Waals surface area contributed by atoms with Gasteiger partial charge in [0.1, 0.15) is 18.3 Å². The van der Waals surface area contributed by atoms with Crippen LogP contribution in [0.5, 0.6) is 0 Å². The quantitative estimate of drug-likeness (QED) is 0.631. The second-order valence-electron chi connectivity index (χ2n) is 4.35. The average Bonchev–Trinajstić information content (AvgIpc) is 2.72. The molecule has 3 aliphatic heterocycles. The fourth-order valence-electron chi connectivity index (χ4n) is 2.33. The number of aliphatic hydroxyl groups excluding tert-OH is 1. The van der Waals surface area contributed by atoms with Crippen LogP contribution in [0.15, 0.2) is 24.7 Å². The van der Waals surface area contributed by atoms with Gasteiger partial charge in [0, 0.05) is 0 Å². The van der Waals surface area contributed by atoms with Gasteiger partial charge < -0.3 is 29.2 Å². The largest absolute Gasteiger partial charge is 0.459 e. The van der Waals surface area contributed by atoms with Crippen LogP contribution in [0, 0.1) is 0 Å². The van der Waals surface area contributed by atoms with Gasteiger partial charge >= 0.3 is 0 Å². The van der Waals surface area contributed by atoms with Crippen molar-refractivity contribution in [3.63, 3.8) is 0 Å². The Hall–Kier alpha value is -1.08. The molecule has 4 atom stereocenters. The molecule has 6 nitrogen and oxygen atoms in total. The highest BCUT2D eigenvalue weighted by Gasteiger charge is 2.61. The number of rotatable bonds is 1. The van der Waals surface area contributed by atoms with E-state index in [-0.39, 0.29) is 13.2 Å². The monoisotopic (exact) mass is 242 g/mol. The van der Waals surface area contributed by atoms with Crippen molar-refractivity contribution in [2.45, 2.75) is 30.2 Å². The fourth-order valence-corrected chi connectivity index (χ4v) is 2.33. The molecule has 3 rings (SSSR count). The Morgan fingerprint density at radius 1 is 1.12 bits per heavy atom. The molecule has 3 heterocycles. The highest BCUT2D eigenvalue weighted by molar-refractivity contribution is 5.08. The second kappa shape index (κ2) is 3.99. The topological polar surface area (TPSA) is 77.4 Å². The Morgan fingerprint density at radius 2 is 1.82 bits per heavy atom. The first-order chi connectivity index (χ1) is 8.22. The van der Waals surface area contributed by atoms with Gasteiger partial charge in [-0.15, -0.1) is 0 Å². The van der Waals surface area contributed by atoms with Crippen molar-refractivity contribution in [3.05, 3.63) is 24.7 Å². The molecule has 94 valence electrons. The van der Waals surface area contributed by atoms with Crippen molar-refractivity contribution >= 4 is 0 Å². The third kappa shape index (κ3) is 1.64. The summed E-state index contributed by atoms with van der Waals surface area (Å²) in [6.07, 6.45) is 3.40. The van der Waals surface area contributed by atoms with Crippen LogP contribution in [0.1, 0.15) is 0 Å². The zero-order chi connectivity index (χ0) is 11.9. The summed E-state index contributed by atoms with van der Waals surface area (Å²) in [6, 6.07) is 0. The molecule has 6 heteroatoms. The lowest BCUT2D eigenvalue weighted by atomic mass is 9.95. The first-order valence-corrected chi connectivity index (χ1v) is 5.48. The number of hydrogen-bond donors (Lipinski definition) is 2. The van der Waals surface area contributed by atoms with Gasteiger partial charge in [-0.25, -0.2) is 0 Å². The maximum atomic E-state index is 10.6. The van der Waals surface area contributed by atoms with Crippen LogP contribution in [0.25, 0.3) is 0 Å². The van der Waals surface area contributed by atoms with Gasteiger partial charge in [-0.2, -0.15) is 0 Å². The molecule has 0 saturated carbocycles. The lowest BCUT2D eigenvalue weighted by molar-refractivity contribution is -0.219. The molecule has 0 bridgehead atoms. The summed E-state index contributed by atoms with van der Waals surface area (Å²) in [7, 11) is 0. The molecular weight excluding hydrogens is 228 g/mol. The molecule has 17 heavy (non-hydrogen) atoms. The van der Waals surface area contributed by atoms with E-state index < -0.39 is 30.2 Å².